The Kier molecular flexibility index (Phi) is 7.00. The summed E-state index contributed by atoms with van der Waals surface area (Å²) in [4.78, 5) is 23.2. The highest BCUT2D eigenvalue weighted by Gasteiger charge is 2.11. The number of hydrogen-bond acceptors (Lipinski definition) is 7. The van der Waals surface area contributed by atoms with Gasteiger partial charge < -0.3 is 10.1 Å². The summed E-state index contributed by atoms with van der Waals surface area (Å²) in [5.74, 6) is -0.283. The second-order valence-electron chi connectivity index (χ2n) is 4.32. The van der Waals surface area contributed by atoms with Crippen molar-refractivity contribution in [3.8, 4) is 0 Å². The minimum atomic E-state index is -0.298. The minimum absolute atomic E-state index is 0.162. The standard InChI is InChI=1S/C14H14BrN3O3S2/c1-2-21-12(20)8-22-14-18-17-13(23-14)16-11(19)7-9-3-5-10(15)6-4-9/h3-6H,2,7-8H2,1H3,(H,16,17,19). The molecule has 9 heteroatoms. The molecule has 1 aromatic carbocycles. The molecule has 0 saturated heterocycles. The number of benzene rings is 1. The molecule has 0 spiro atoms. The third-order valence-corrected chi connectivity index (χ3v) is 5.02. The number of carbonyl (C=O) groups is 2. The van der Waals surface area contributed by atoms with Crippen LogP contribution in [0.4, 0.5) is 5.13 Å². The van der Waals surface area contributed by atoms with Crippen LogP contribution in [0.5, 0.6) is 0 Å². The molecule has 0 aliphatic rings. The van der Waals surface area contributed by atoms with Gasteiger partial charge in [-0.05, 0) is 24.6 Å². The highest BCUT2D eigenvalue weighted by Crippen LogP contribution is 2.25. The highest BCUT2D eigenvalue weighted by molar-refractivity contribution is 9.10. The van der Waals surface area contributed by atoms with E-state index in [-0.39, 0.29) is 24.1 Å². The molecule has 0 atom stereocenters. The molecule has 0 unspecified atom stereocenters. The normalized spacial score (nSPS) is 10.3. The Morgan fingerprint density at radius 3 is 2.74 bits per heavy atom. The van der Waals surface area contributed by atoms with Crippen LogP contribution in [-0.2, 0) is 20.7 Å². The van der Waals surface area contributed by atoms with E-state index >= 15 is 0 Å². The number of rotatable bonds is 7. The van der Waals surface area contributed by atoms with E-state index in [4.69, 9.17) is 4.74 Å². The van der Waals surface area contributed by atoms with Crippen molar-refractivity contribution in [3.05, 3.63) is 34.3 Å². The number of carbonyl (C=O) groups excluding carboxylic acids is 2. The van der Waals surface area contributed by atoms with E-state index in [1.807, 2.05) is 24.3 Å². The Morgan fingerprint density at radius 1 is 1.30 bits per heavy atom. The molecule has 0 aliphatic heterocycles. The fraction of sp³-hybridized carbons (Fsp3) is 0.286. The molecule has 6 nitrogen and oxygen atoms in total. The summed E-state index contributed by atoms with van der Waals surface area (Å²) in [7, 11) is 0. The van der Waals surface area contributed by atoms with Crippen molar-refractivity contribution >= 4 is 56.0 Å². The third kappa shape index (κ3) is 6.28. The van der Waals surface area contributed by atoms with Crippen molar-refractivity contribution in [2.24, 2.45) is 0 Å². The smallest absolute Gasteiger partial charge is 0.316 e. The van der Waals surface area contributed by atoms with Crippen molar-refractivity contribution in [1.82, 2.24) is 10.2 Å². The van der Waals surface area contributed by atoms with Crippen LogP contribution < -0.4 is 5.32 Å². The lowest BCUT2D eigenvalue weighted by molar-refractivity contribution is -0.139. The summed E-state index contributed by atoms with van der Waals surface area (Å²) < 4.78 is 6.41. The maximum absolute atomic E-state index is 12.0. The zero-order valence-corrected chi connectivity index (χ0v) is 15.5. The average molecular weight is 416 g/mol. The first-order valence-corrected chi connectivity index (χ1v) is 9.32. The van der Waals surface area contributed by atoms with Crippen molar-refractivity contribution in [2.45, 2.75) is 17.7 Å². The zero-order valence-electron chi connectivity index (χ0n) is 12.2. The summed E-state index contributed by atoms with van der Waals surface area (Å²) in [6, 6.07) is 7.53. The Labute approximate surface area is 150 Å². The number of amides is 1. The monoisotopic (exact) mass is 415 g/mol. The van der Waals surface area contributed by atoms with Gasteiger partial charge in [-0.1, -0.05) is 51.2 Å². The summed E-state index contributed by atoms with van der Waals surface area (Å²) in [5.41, 5.74) is 0.909. The van der Waals surface area contributed by atoms with Crippen LogP contribution in [0.1, 0.15) is 12.5 Å². The number of esters is 1. The van der Waals surface area contributed by atoms with Crippen LogP contribution in [0.15, 0.2) is 33.1 Å². The number of nitrogens with one attached hydrogen (secondary N) is 1. The predicted molar refractivity (Wildman–Crippen MR) is 93.7 cm³/mol. The number of anilines is 1. The quantitative estimate of drug-likeness (QED) is 0.424. The zero-order chi connectivity index (χ0) is 16.7. The molecule has 1 heterocycles. The second-order valence-corrected chi connectivity index (χ2v) is 7.43. The fourth-order valence-corrected chi connectivity index (χ4v) is 3.42. The minimum Gasteiger partial charge on any atom is -0.465 e. The molecular weight excluding hydrogens is 402 g/mol. The maximum Gasteiger partial charge on any atom is 0.316 e. The maximum atomic E-state index is 12.0. The van der Waals surface area contributed by atoms with E-state index in [1.165, 1.54) is 23.1 Å². The summed E-state index contributed by atoms with van der Waals surface area (Å²) in [6.07, 6.45) is 0.262. The van der Waals surface area contributed by atoms with Crippen LogP contribution in [0, 0.1) is 0 Å². The van der Waals surface area contributed by atoms with Gasteiger partial charge in [-0.25, -0.2) is 0 Å². The van der Waals surface area contributed by atoms with Crippen molar-refractivity contribution < 1.29 is 14.3 Å². The van der Waals surface area contributed by atoms with Crippen molar-refractivity contribution in [1.29, 1.82) is 0 Å². The van der Waals surface area contributed by atoms with Gasteiger partial charge in [0.15, 0.2) is 4.34 Å². The second kappa shape index (κ2) is 8.99. The van der Waals surface area contributed by atoms with Crippen LogP contribution in [-0.4, -0.2) is 34.4 Å². The Morgan fingerprint density at radius 2 is 2.04 bits per heavy atom. The lowest BCUT2D eigenvalue weighted by atomic mass is 10.1. The predicted octanol–water partition coefficient (Wildman–Crippen LogP) is 3.14. The van der Waals surface area contributed by atoms with E-state index in [9.17, 15) is 9.59 Å². The van der Waals surface area contributed by atoms with Gasteiger partial charge in [0.25, 0.3) is 0 Å². The summed E-state index contributed by atoms with van der Waals surface area (Å²) >= 11 is 5.81. The van der Waals surface area contributed by atoms with Gasteiger partial charge in [0.1, 0.15) is 0 Å². The lowest BCUT2D eigenvalue weighted by Gasteiger charge is -2.01. The lowest BCUT2D eigenvalue weighted by Crippen LogP contribution is -2.14. The van der Waals surface area contributed by atoms with Gasteiger partial charge in [0.05, 0.1) is 18.8 Å². The van der Waals surface area contributed by atoms with E-state index < -0.39 is 0 Å². The molecule has 0 radical (unpaired) electrons. The van der Waals surface area contributed by atoms with Gasteiger partial charge in [0.2, 0.25) is 11.0 Å². The molecule has 0 bridgehead atoms. The number of hydrogen-bond donors (Lipinski definition) is 1. The van der Waals surface area contributed by atoms with Crippen molar-refractivity contribution in [2.75, 3.05) is 17.7 Å². The molecular formula is C14H14BrN3O3S2. The summed E-state index contributed by atoms with van der Waals surface area (Å²) in [6.45, 7) is 2.11. The van der Waals surface area contributed by atoms with E-state index in [0.717, 1.165) is 10.0 Å². The van der Waals surface area contributed by atoms with E-state index in [2.05, 4.69) is 31.4 Å². The SMILES string of the molecule is CCOC(=O)CSc1nnc(NC(=O)Cc2ccc(Br)cc2)s1. The Hall–Kier alpha value is -1.45. The molecule has 23 heavy (non-hydrogen) atoms. The molecule has 122 valence electrons. The van der Waals surface area contributed by atoms with Gasteiger partial charge in [-0.2, -0.15) is 0 Å². The van der Waals surface area contributed by atoms with Gasteiger partial charge in [-0.3, -0.25) is 9.59 Å². The third-order valence-electron chi connectivity index (χ3n) is 2.55. The molecule has 0 saturated carbocycles. The molecule has 1 amide bonds. The van der Waals surface area contributed by atoms with Crippen molar-refractivity contribution in [3.63, 3.8) is 0 Å². The molecule has 2 aromatic rings. The largest absolute Gasteiger partial charge is 0.465 e. The first-order valence-electron chi connectivity index (χ1n) is 6.73. The number of aromatic nitrogens is 2. The van der Waals surface area contributed by atoms with Gasteiger partial charge >= 0.3 is 5.97 Å². The first kappa shape index (κ1) is 17.9. The summed E-state index contributed by atoms with van der Waals surface area (Å²) in [5, 5.41) is 10.9. The highest BCUT2D eigenvalue weighted by atomic mass is 79.9. The number of ether oxygens (including phenoxy) is 1. The van der Waals surface area contributed by atoms with Gasteiger partial charge in [-0.15, -0.1) is 10.2 Å². The topological polar surface area (TPSA) is 81.2 Å². The Balaban J connectivity index is 1.82. The number of halogens is 1. The average Bonchev–Trinajstić information content (AvgIpc) is 2.95. The van der Waals surface area contributed by atoms with Crippen LogP contribution in [0.2, 0.25) is 0 Å². The molecule has 1 aromatic heterocycles. The van der Waals surface area contributed by atoms with E-state index in [1.54, 1.807) is 6.92 Å². The van der Waals surface area contributed by atoms with Gasteiger partial charge in [0, 0.05) is 4.47 Å². The Bertz CT molecular complexity index is 676. The van der Waals surface area contributed by atoms with Crippen LogP contribution in [0.3, 0.4) is 0 Å². The fourth-order valence-electron chi connectivity index (χ4n) is 1.59. The first-order chi connectivity index (χ1) is 11.1. The number of thioether (sulfide) groups is 1. The molecule has 1 N–H and O–H groups in total. The van der Waals surface area contributed by atoms with Crippen LogP contribution in [0.25, 0.3) is 0 Å². The molecule has 2 rings (SSSR count). The number of nitrogens with zero attached hydrogens (tertiary/aromatic N) is 2. The molecule has 0 aliphatic carbocycles. The van der Waals surface area contributed by atoms with E-state index in [0.29, 0.717) is 16.1 Å². The molecule has 0 fully saturated rings. The van der Waals surface area contributed by atoms with Crippen LogP contribution >= 0.6 is 39.0 Å².